The van der Waals surface area contributed by atoms with E-state index in [0.29, 0.717) is 16.3 Å². The maximum Gasteiger partial charge on any atom is 0.137 e. The molecule has 0 aliphatic heterocycles. The van der Waals surface area contributed by atoms with Crippen LogP contribution in [0.25, 0.3) is 11.1 Å². The van der Waals surface area contributed by atoms with Crippen LogP contribution in [-0.4, -0.2) is 20.1 Å². The Balaban J connectivity index is 1.71. The third-order valence-corrected chi connectivity index (χ3v) is 4.75. The Labute approximate surface area is 145 Å². The van der Waals surface area contributed by atoms with Gasteiger partial charge in [0, 0.05) is 34.7 Å². The van der Waals surface area contributed by atoms with E-state index in [1.165, 1.54) is 6.33 Å². The van der Waals surface area contributed by atoms with Gasteiger partial charge in [0.05, 0.1) is 5.69 Å². The lowest BCUT2D eigenvalue weighted by atomic mass is 9.86. The molecule has 2 aromatic heterocycles. The maximum atomic E-state index is 11.3. The van der Waals surface area contributed by atoms with Gasteiger partial charge in [0.2, 0.25) is 0 Å². The minimum Gasteiger partial charge on any atom is -0.378 e. The van der Waals surface area contributed by atoms with Gasteiger partial charge in [-0.15, -0.1) is 0 Å². The number of benzene rings is 1. The highest BCUT2D eigenvalue weighted by Gasteiger charge is 2.47. The Morgan fingerprint density at radius 3 is 2.17 bits per heavy atom. The molecular weight excluding hydrogens is 322 g/mol. The van der Waals surface area contributed by atoms with E-state index < -0.39 is 5.60 Å². The van der Waals surface area contributed by atoms with Crippen molar-refractivity contribution in [3.8, 4) is 11.1 Å². The van der Waals surface area contributed by atoms with Crippen molar-refractivity contribution in [2.45, 2.75) is 18.4 Å². The Morgan fingerprint density at radius 1 is 0.917 bits per heavy atom. The molecule has 120 valence electrons. The van der Waals surface area contributed by atoms with Crippen molar-refractivity contribution in [2.24, 2.45) is 5.92 Å². The number of aliphatic hydroxyl groups is 1. The van der Waals surface area contributed by atoms with Crippen molar-refractivity contribution in [3.63, 3.8) is 0 Å². The van der Waals surface area contributed by atoms with E-state index in [2.05, 4.69) is 15.0 Å². The molecule has 2 heterocycles. The number of nitrogens with zero attached hydrogens (tertiary/aromatic N) is 3. The summed E-state index contributed by atoms with van der Waals surface area (Å²) in [7, 11) is 0. The van der Waals surface area contributed by atoms with Crippen LogP contribution in [0.1, 0.15) is 24.1 Å². The van der Waals surface area contributed by atoms with E-state index in [9.17, 15) is 5.11 Å². The van der Waals surface area contributed by atoms with Gasteiger partial charge >= 0.3 is 0 Å². The molecule has 1 fully saturated rings. The van der Waals surface area contributed by atoms with Gasteiger partial charge in [0.25, 0.3) is 0 Å². The highest BCUT2D eigenvalue weighted by molar-refractivity contribution is 6.30. The highest BCUT2D eigenvalue weighted by atomic mass is 35.5. The van der Waals surface area contributed by atoms with Crippen molar-refractivity contribution in [2.75, 3.05) is 0 Å². The summed E-state index contributed by atoms with van der Waals surface area (Å²) in [6.07, 6.45) is 8.54. The van der Waals surface area contributed by atoms with E-state index in [-0.39, 0.29) is 5.92 Å². The lowest BCUT2D eigenvalue weighted by Gasteiger charge is -2.27. The van der Waals surface area contributed by atoms with Crippen molar-refractivity contribution in [1.82, 2.24) is 15.0 Å². The lowest BCUT2D eigenvalue weighted by molar-refractivity contribution is 0.0512. The number of hydrogen-bond donors (Lipinski definition) is 1. The minimum absolute atomic E-state index is 0.164. The summed E-state index contributed by atoms with van der Waals surface area (Å²) in [5.74, 6) is 0.164. The Bertz CT molecular complexity index is 833. The topological polar surface area (TPSA) is 58.9 Å². The van der Waals surface area contributed by atoms with Crippen molar-refractivity contribution >= 4 is 11.6 Å². The zero-order valence-corrected chi connectivity index (χ0v) is 13.7. The molecule has 0 amide bonds. The van der Waals surface area contributed by atoms with E-state index in [4.69, 9.17) is 11.6 Å². The standard InChI is InChI=1S/C19H16ClN3O/c20-17-6-1-13(2-7-17)14-3-8-18(23-9-14)19(24,15-4-5-15)16-10-21-12-22-11-16/h1-3,6-12,15,24H,4-5H2. The molecule has 3 aromatic rings. The lowest BCUT2D eigenvalue weighted by Crippen LogP contribution is -2.31. The fraction of sp³-hybridized carbons (Fsp3) is 0.211. The van der Waals surface area contributed by atoms with Gasteiger partial charge in [-0.3, -0.25) is 4.98 Å². The summed E-state index contributed by atoms with van der Waals surface area (Å²) < 4.78 is 0. The fourth-order valence-electron chi connectivity index (χ4n) is 3.02. The van der Waals surface area contributed by atoms with Gasteiger partial charge in [-0.05, 0) is 42.5 Å². The number of pyridine rings is 1. The fourth-order valence-corrected chi connectivity index (χ4v) is 3.15. The van der Waals surface area contributed by atoms with Crippen LogP contribution in [0.15, 0.2) is 61.3 Å². The predicted octanol–water partition coefficient (Wildman–Crippen LogP) is 3.84. The zero-order valence-electron chi connectivity index (χ0n) is 12.9. The maximum absolute atomic E-state index is 11.3. The Hall–Kier alpha value is -2.30. The summed E-state index contributed by atoms with van der Waals surface area (Å²) >= 11 is 5.93. The van der Waals surface area contributed by atoms with E-state index in [1.54, 1.807) is 18.6 Å². The number of aromatic nitrogens is 3. The minimum atomic E-state index is -1.13. The Kier molecular flexibility index (Phi) is 3.79. The van der Waals surface area contributed by atoms with Crippen LogP contribution in [0, 0.1) is 5.92 Å². The molecular formula is C19H16ClN3O. The van der Waals surface area contributed by atoms with Crippen LogP contribution in [0.2, 0.25) is 5.02 Å². The molecule has 1 aromatic carbocycles. The third kappa shape index (κ3) is 2.68. The highest BCUT2D eigenvalue weighted by Crippen LogP contribution is 2.48. The summed E-state index contributed by atoms with van der Waals surface area (Å²) in [6.45, 7) is 0. The first-order valence-electron chi connectivity index (χ1n) is 7.88. The molecule has 0 bridgehead atoms. The normalized spacial score (nSPS) is 16.6. The molecule has 1 aliphatic carbocycles. The van der Waals surface area contributed by atoms with Gasteiger partial charge in [-0.1, -0.05) is 29.8 Å². The quantitative estimate of drug-likeness (QED) is 0.785. The summed E-state index contributed by atoms with van der Waals surface area (Å²) in [5, 5.41) is 12.0. The van der Waals surface area contributed by atoms with Crippen LogP contribution in [-0.2, 0) is 5.60 Å². The molecule has 0 saturated heterocycles. The molecule has 1 aliphatic rings. The molecule has 1 saturated carbocycles. The van der Waals surface area contributed by atoms with Gasteiger partial charge in [0.15, 0.2) is 0 Å². The predicted molar refractivity (Wildman–Crippen MR) is 92.4 cm³/mol. The van der Waals surface area contributed by atoms with Crippen molar-refractivity contribution in [3.05, 3.63) is 77.6 Å². The largest absolute Gasteiger partial charge is 0.378 e. The molecule has 1 N–H and O–H groups in total. The zero-order chi connectivity index (χ0) is 16.6. The van der Waals surface area contributed by atoms with Gasteiger partial charge in [-0.25, -0.2) is 9.97 Å². The number of hydrogen-bond acceptors (Lipinski definition) is 4. The molecule has 4 rings (SSSR count). The van der Waals surface area contributed by atoms with Crippen LogP contribution in [0.5, 0.6) is 0 Å². The molecule has 24 heavy (non-hydrogen) atoms. The first-order valence-corrected chi connectivity index (χ1v) is 8.26. The second kappa shape index (κ2) is 5.96. The van der Waals surface area contributed by atoms with Gasteiger partial charge < -0.3 is 5.11 Å². The SMILES string of the molecule is OC(c1cncnc1)(c1ccc(-c2ccc(Cl)cc2)cn1)C1CC1. The van der Waals surface area contributed by atoms with E-state index >= 15 is 0 Å². The molecule has 0 spiro atoms. The van der Waals surface area contributed by atoms with E-state index in [0.717, 1.165) is 24.0 Å². The van der Waals surface area contributed by atoms with Crippen LogP contribution in [0.3, 0.4) is 0 Å². The average molecular weight is 338 g/mol. The molecule has 1 atom stereocenters. The second-order valence-corrected chi connectivity index (χ2v) is 6.54. The van der Waals surface area contributed by atoms with Crippen LogP contribution < -0.4 is 0 Å². The summed E-state index contributed by atoms with van der Waals surface area (Å²) in [5.41, 5.74) is 2.23. The third-order valence-electron chi connectivity index (χ3n) is 4.50. The number of halogens is 1. The van der Waals surface area contributed by atoms with Crippen molar-refractivity contribution < 1.29 is 5.11 Å². The van der Waals surface area contributed by atoms with Crippen LogP contribution in [0.4, 0.5) is 0 Å². The smallest absolute Gasteiger partial charge is 0.137 e. The molecule has 1 unspecified atom stereocenters. The van der Waals surface area contributed by atoms with Crippen molar-refractivity contribution in [1.29, 1.82) is 0 Å². The molecule has 5 heteroatoms. The summed E-state index contributed by atoms with van der Waals surface area (Å²) in [4.78, 5) is 12.6. The van der Waals surface area contributed by atoms with Crippen LogP contribution >= 0.6 is 11.6 Å². The number of rotatable bonds is 4. The molecule has 4 nitrogen and oxygen atoms in total. The monoisotopic (exact) mass is 337 g/mol. The molecule has 0 radical (unpaired) electrons. The van der Waals surface area contributed by atoms with E-state index in [1.807, 2.05) is 36.4 Å². The Morgan fingerprint density at radius 2 is 1.58 bits per heavy atom. The average Bonchev–Trinajstić information content (AvgIpc) is 3.48. The first kappa shape index (κ1) is 15.2. The van der Waals surface area contributed by atoms with Gasteiger partial charge in [0.1, 0.15) is 11.9 Å². The second-order valence-electron chi connectivity index (χ2n) is 6.11. The summed E-state index contributed by atoms with van der Waals surface area (Å²) in [6, 6.07) is 11.5. The van der Waals surface area contributed by atoms with Gasteiger partial charge in [-0.2, -0.15) is 0 Å². The first-order chi connectivity index (χ1) is 11.7.